The number of aromatic nitrogens is 1. The molecule has 0 radical (unpaired) electrons. The quantitative estimate of drug-likeness (QED) is 0.910. The third kappa shape index (κ3) is 3.82. The zero-order chi connectivity index (χ0) is 17.2. The van der Waals surface area contributed by atoms with Gasteiger partial charge in [0.15, 0.2) is 5.13 Å². The Morgan fingerprint density at radius 2 is 1.92 bits per heavy atom. The van der Waals surface area contributed by atoms with E-state index < -0.39 is 0 Å². The number of nitrogens with one attached hydrogen (secondary N) is 1. The Bertz CT molecular complexity index is 731. The first-order chi connectivity index (χ1) is 12.2. The molecule has 7 heteroatoms. The van der Waals surface area contributed by atoms with Crippen molar-refractivity contribution in [3.63, 3.8) is 0 Å². The van der Waals surface area contributed by atoms with Crippen molar-refractivity contribution in [2.45, 2.75) is 19.3 Å². The number of anilines is 2. The van der Waals surface area contributed by atoms with Gasteiger partial charge in [0.05, 0.1) is 12.2 Å². The number of carbonyl (C=O) groups is 1. The van der Waals surface area contributed by atoms with Gasteiger partial charge in [-0.2, -0.15) is 0 Å². The predicted octanol–water partition coefficient (Wildman–Crippen LogP) is 2.53. The highest BCUT2D eigenvalue weighted by Gasteiger charge is 2.21. The van der Waals surface area contributed by atoms with Crippen LogP contribution in [0.2, 0.25) is 0 Å². The number of fused-ring (bicyclic) bond motifs is 1. The van der Waals surface area contributed by atoms with Crippen LogP contribution in [0.1, 0.15) is 17.0 Å². The number of rotatable bonds is 4. The third-order valence-corrected chi connectivity index (χ3v) is 5.85. The molecule has 1 amide bonds. The number of carbonyl (C=O) groups excluding carboxylic acids is 1. The minimum atomic E-state index is -0.216. The Morgan fingerprint density at radius 3 is 2.64 bits per heavy atom. The van der Waals surface area contributed by atoms with Crippen LogP contribution in [0.25, 0.3) is 0 Å². The van der Waals surface area contributed by atoms with Crippen molar-refractivity contribution in [1.29, 1.82) is 0 Å². The summed E-state index contributed by atoms with van der Waals surface area (Å²) in [5.41, 5.74) is 2.19. The van der Waals surface area contributed by atoms with Gasteiger partial charge in [-0.05, 0) is 43.5 Å². The van der Waals surface area contributed by atoms with Gasteiger partial charge < -0.3 is 10.2 Å². The molecule has 0 unspecified atom stereocenters. The van der Waals surface area contributed by atoms with Gasteiger partial charge in [0.25, 0.3) is 0 Å². The first-order valence-electron chi connectivity index (χ1n) is 8.69. The minimum Gasteiger partial charge on any atom is -0.369 e. The van der Waals surface area contributed by atoms with Gasteiger partial charge in [0, 0.05) is 36.7 Å². The smallest absolute Gasteiger partial charge is 0.240 e. The number of aryl methyl sites for hydroxylation is 2. The zero-order valence-electron chi connectivity index (χ0n) is 14.0. The molecule has 0 atom stereocenters. The normalized spacial score (nSPS) is 17.6. The topological polar surface area (TPSA) is 48.5 Å². The lowest BCUT2D eigenvalue weighted by Gasteiger charge is -2.35. The maximum absolute atomic E-state index is 13.0. The van der Waals surface area contributed by atoms with Gasteiger partial charge in [0.1, 0.15) is 5.82 Å². The minimum absolute atomic E-state index is 0.00246. The Balaban J connectivity index is 1.26. The van der Waals surface area contributed by atoms with Crippen LogP contribution in [0.15, 0.2) is 24.3 Å². The van der Waals surface area contributed by atoms with Crippen molar-refractivity contribution in [3.05, 3.63) is 40.7 Å². The average molecular weight is 360 g/mol. The lowest BCUT2D eigenvalue weighted by molar-refractivity contribution is -0.117. The Kier molecular flexibility index (Phi) is 4.67. The third-order valence-electron chi connectivity index (χ3n) is 4.77. The van der Waals surface area contributed by atoms with E-state index in [-0.39, 0.29) is 11.7 Å². The van der Waals surface area contributed by atoms with Crippen molar-refractivity contribution in [3.8, 4) is 0 Å². The molecular formula is C18H21FN4OS. The van der Waals surface area contributed by atoms with Gasteiger partial charge in [-0.25, -0.2) is 9.37 Å². The van der Waals surface area contributed by atoms with E-state index in [1.807, 2.05) is 0 Å². The fourth-order valence-corrected chi connectivity index (χ4v) is 4.49. The fraction of sp³-hybridized carbons (Fsp3) is 0.444. The second-order valence-corrected chi connectivity index (χ2v) is 7.61. The van der Waals surface area contributed by atoms with Crippen LogP contribution in [0.5, 0.6) is 0 Å². The fourth-order valence-electron chi connectivity index (χ4n) is 3.42. The molecule has 5 nitrogen and oxygen atoms in total. The molecule has 132 valence electrons. The van der Waals surface area contributed by atoms with Gasteiger partial charge in [-0.15, -0.1) is 11.3 Å². The zero-order valence-corrected chi connectivity index (χ0v) is 14.8. The predicted molar refractivity (Wildman–Crippen MR) is 97.8 cm³/mol. The summed E-state index contributed by atoms with van der Waals surface area (Å²) in [5, 5.41) is 3.68. The van der Waals surface area contributed by atoms with E-state index in [0.717, 1.165) is 55.5 Å². The molecule has 1 saturated heterocycles. The SMILES string of the molecule is O=C(CN1CCN(c2ccc(F)cc2)CC1)Nc1nc2c(s1)CCC2. The molecule has 1 aromatic carbocycles. The lowest BCUT2D eigenvalue weighted by atomic mass is 10.2. The molecular weight excluding hydrogens is 339 g/mol. The highest BCUT2D eigenvalue weighted by atomic mass is 32.1. The average Bonchev–Trinajstić information content (AvgIpc) is 3.18. The van der Waals surface area contributed by atoms with E-state index in [1.165, 1.54) is 23.4 Å². The van der Waals surface area contributed by atoms with Crippen molar-refractivity contribution >= 4 is 28.1 Å². The van der Waals surface area contributed by atoms with Gasteiger partial charge in [0.2, 0.25) is 5.91 Å². The summed E-state index contributed by atoms with van der Waals surface area (Å²) in [6.45, 7) is 3.70. The number of hydrogen-bond donors (Lipinski definition) is 1. The number of hydrogen-bond acceptors (Lipinski definition) is 5. The number of piperazine rings is 1. The van der Waals surface area contributed by atoms with Crippen LogP contribution in [0.4, 0.5) is 15.2 Å². The molecule has 4 rings (SSSR count). The standard InChI is InChI=1S/C18H21FN4OS/c19-13-4-6-14(7-5-13)23-10-8-22(9-11-23)12-17(24)21-18-20-15-2-1-3-16(15)25-18/h4-7H,1-3,8-12H2,(H,20,21,24). The Labute approximate surface area is 150 Å². The molecule has 0 spiro atoms. The van der Waals surface area contributed by atoms with E-state index in [4.69, 9.17) is 0 Å². The van der Waals surface area contributed by atoms with Crippen molar-refractivity contribution in [1.82, 2.24) is 9.88 Å². The first-order valence-corrected chi connectivity index (χ1v) is 9.50. The molecule has 2 aliphatic rings. The second-order valence-electron chi connectivity index (χ2n) is 6.53. The van der Waals surface area contributed by atoms with Gasteiger partial charge in [-0.1, -0.05) is 0 Å². The number of thiazole rings is 1. The first kappa shape index (κ1) is 16.5. The summed E-state index contributed by atoms with van der Waals surface area (Å²) >= 11 is 1.61. The highest BCUT2D eigenvalue weighted by Crippen LogP contribution is 2.30. The van der Waals surface area contributed by atoms with Crippen LogP contribution in [0.3, 0.4) is 0 Å². The second kappa shape index (κ2) is 7.09. The van der Waals surface area contributed by atoms with Crippen LogP contribution < -0.4 is 10.2 Å². The Morgan fingerprint density at radius 1 is 1.16 bits per heavy atom. The van der Waals surface area contributed by atoms with Crippen molar-refractivity contribution in [2.24, 2.45) is 0 Å². The van der Waals surface area contributed by atoms with Crippen molar-refractivity contribution < 1.29 is 9.18 Å². The molecule has 1 N–H and O–H groups in total. The lowest BCUT2D eigenvalue weighted by Crippen LogP contribution is -2.48. The van der Waals surface area contributed by atoms with Gasteiger partial charge >= 0.3 is 0 Å². The number of halogens is 1. The molecule has 0 bridgehead atoms. The monoisotopic (exact) mass is 360 g/mol. The molecule has 1 aromatic heterocycles. The molecule has 25 heavy (non-hydrogen) atoms. The summed E-state index contributed by atoms with van der Waals surface area (Å²) in [6, 6.07) is 6.58. The molecule has 1 aliphatic carbocycles. The van der Waals surface area contributed by atoms with Crippen LogP contribution in [0, 0.1) is 5.82 Å². The van der Waals surface area contributed by atoms with Crippen LogP contribution >= 0.6 is 11.3 Å². The largest absolute Gasteiger partial charge is 0.369 e. The van der Waals surface area contributed by atoms with Crippen LogP contribution in [-0.2, 0) is 17.6 Å². The maximum Gasteiger partial charge on any atom is 0.240 e. The number of nitrogens with zero attached hydrogens (tertiary/aromatic N) is 3. The van der Waals surface area contributed by atoms with E-state index in [0.29, 0.717) is 6.54 Å². The summed E-state index contributed by atoms with van der Waals surface area (Å²) in [5.74, 6) is -0.213. The molecule has 2 heterocycles. The van der Waals surface area contributed by atoms with Crippen LogP contribution in [-0.4, -0.2) is 48.5 Å². The molecule has 2 aromatic rings. The van der Waals surface area contributed by atoms with Gasteiger partial charge in [-0.3, -0.25) is 9.69 Å². The van der Waals surface area contributed by atoms with E-state index >= 15 is 0 Å². The molecule has 1 fully saturated rings. The Hall–Kier alpha value is -1.99. The van der Waals surface area contributed by atoms with Crippen molar-refractivity contribution in [2.75, 3.05) is 42.9 Å². The van der Waals surface area contributed by atoms with E-state index in [9.17, 15) is 9.18 Å². The highest BCUT2D eigenvalue weighted by molar-refractivity contribution is 7.15. The molecule has 1 aliphatic heterocycles. The number of amides is 1. The van der Waals surface area contributed by atoms with E-state index in [2.05, 4.69) is 20.1 Å². The maximum atomic E-state index is 13.0. The summed E-state index contributed by atoms with van der Waals surface area (Å²) < 4.78 is 13.0. The summed E-state index contributed by atoms with van der Waals surface area (Å²) in [4.78, 5) is 22.5. The summed E-state index contributed by atoms with van der Waals surface area (Å²) in [6.07, 6.45) is 3.31. The molecule has 0 saturated carbocycles. The van der Waals surface area contributed by atoms with E-state index in [1.54, 1.807) is 23.5 Å². The summed E-state index contributed by atoms with van der Waals surface area (Å²) in [7, 11) is 0. The number of benzene rings is 1.